The Bertz CT molecular complexity index is 492. The van der Waals surface area contributed by atoms with Gasteiger partial charge in [-0.3, -0.25) is 0 Å². The van der Waals surface area contributed by atoms with Crippen molar-refractivity contribution in [3.63, 3.8) is 0 Å². The molecule has 2 rings (SSSR count). The second-order valence-corrected chi connectivity index (χ2v) is 3.40. The average Bonchev–Trinajstić information content (AvgIpc) is 2.69. The zero-order valence-electron chi connectivity index (χ0n) is 9.07. The molecule has 0 fully saturated rings. The van der Waals surface area contributed by atoms with Crippen molar-refractivity contribution in [2.75, 3.05) is 6.61 Å². The Kier molecular flexibility index (Phi) is 3.05. The number of carbonyl (C=O) groups is 1. The lowest BCUT2D eigenvalue weighted by molar-refractivity contribution is -0.137. The van der Waals surface area contributed by atoms with E-state index < -0.39 is 0 Å². The molecule has 1 N–H and O–H groups in total. The summed E-state index contributed by atoms with van der Waals surface area (Å²) >= 11 is 0. The summed E-state index contributed by atoms with van der Waals surface area (Å²) in [6.45, 7) is 2.19. The summed E-state index contributed by atoms with van der Waals surface area (Å²) in [5.74, 6) is -0.318. The maximum Gasteiger partial charge on any atom is 0.330 e. The zero-order chi connectivity index (χ0) is 11.4. The van der Waals surface area contributed by atoms with E-state index in [1.807, 2.05) is 30.3 Å². The third kappa shape index (κ3) is 2.31. The third-order valence-corrected chi connectivity index (χ3v) is 2.24. The van der Waals surface area contributed by atoms with Gasteiger partial charge in [0.2, 0.25) is 0 Å². The molecule has 0 saturated heterocycles. The van der Waals surface area contributed by atoms with E-state index in [0.717, 1.165) is 16.6 Å². The highest BCUT2D eigenvalue weighted by atomic mass is 16.5. The van der Waals surface area contributed by atoms with Gasteiger partial charge >= 0.3 is 5.97 Å². The SMILES string of the molecule is CCOC(=O)/C=C/c1cc2ccccc2[nH]1. The molecule has 2 aromatic rings. The molecule has 0 aliphatic rings. The highest BCUT2D eigenvalue weighted by Gasteiger charge is 1.98. The third-order valence-electron chi connectivity index (χ3n) is 2.24. The van der Waals surface area contributed by atoms with Gasteiger partial charge < -0.3 is 9.72 Å². The van der Waals surface area contributed by atoms with Crippen molar-refractivity contribution in [2.45, 2.75) is 6.92 Å². The molecular weight excluding hydrogens is 202 g/mol. The Morgan fingerprint density at radius 1 is 1.44 bits per heavy atom. The first kappa shape index (κ1) is 10.5. The molecule has 1 aromatic carbocycles. The van der Waals surface area contributed by atoms with Crippen LogP contribution >= 0.6 is 0 Å². The second-order valence-electron chi connectivity index (χ2n) is 3.40. The Labute approximate surface area is 93.7 Å². The number of benzene rings is 1. The van der Waals surface area contributed by atoms with E-state index in [2.05, 4.69) is 4.98 Å². The van der Waals surface area contributed by atoms with Gasteiger partial charge in [0.05, 0.1) is 6.61 Å². The molecular formula is C13H13NO2. The Hall–Kier alpha value is -2.03. The van der Waals surface area contributed by atoms with E-state index >= 15 is 0 Å². The number of nitrogens with one attached hydrogen (secondary N) is 1. The summed E-state index contributed by atoms with van der Waals surface area (Å²) in [5.41, 5.74) is 1.96. The number of aromatic nitrogens is 1. The molecule has 3 nitrogen and oxygen atoms in total. The number of aromatic amines is 1. The number of H-pyrrole nitrogens is 1. The van der Waals surface area contributed by atoms with E-state index in [1.54, 1.807) is 13.0 Å². The lowest BCUT2D eigenvalue weighted by atomic mass is 10.2. The molecule has 0 spiro atoms. The van der Waals surface area contributed by atoms with Gasteiger partial charge in [0.1, 0.15) is 0 Å². The van der Waals surface area contributed by atoms with E-state index in [1.165, 1.54) is 6.08 Å². The summed E-state index contributed by atoms with van der Waals surface area (Å²) < 4.78 is 4.80. The van der Waals surface area contributed by atoms with Gasteiger partial charge in [-0.1, -0.05) is 18.2 Å². The number of hydrogen-bond acceptors (Lipinski definition) is 2. The Morgan fingerprint density at radius 2 is 2.25 bits per heavy atom. The molecule has 0 bridgehead atoms. The van der Waals surface area contributed by atoms with Gasteiger partial charge in [0.15, 0.2) is 0 Å². The summed E-state index contributed by atoms with van der Waals surface area (Å²) in [6.07, 6.45) is 3.15. The highest BCUT2D eigenvalue weighted by molar-refractivity contribution is 5.89. The zero-order valence-corrected chi connectivity index (χ0v) is 9.07. The van der Waals surface area contributed by atoms with Gasteiger partial charge in [-0.15, -0.1) is 0 Å². The van der Waals surface area contributed by atoms with Crippen LogP contribution in [0, 0.1) is 0 Å². The van der Waals surface area contributed by atoms with E-state index in [4.69, 9.17) is 4.74 Å². The molecule has 16 heavy (non-hydrogen) atoms. The highest BCUT2D eigenvalue weighted by Crippen LogP contribution is 2.15. The first-order valence-corrected chi connectivity index (χ1v) is 5.22. The van der Waals surface area contributed by atoms with Crippen LogP contribution in [-0.2, 0) is 9.53 Å². The van der Waals surface area contributed by atoms with Crippen LogP contribution < -0.4 is 0 Å². The van der Waals surface area contributed by atoms with Crippen molar-refractivity contribution < 1.29 is 9.53 Å². The van der Waals surface area contributed by atoms with Crippen molar-refractivity contribution in [3.05, 3.63) is 42.1 Å². The van der Waals surface area contributed by atoms with Gasteiger partial charge in [-0.2, -0.15) is 0 Å². The van der Waals surface area contributed by atoms with Crippen molar-refractivity contribution >= 4 is 22.9 Å². The summed E-state index contributed by atoms with van der Waals surface area (Å²) in [6, 6.07) is 9.96. The maximum absolute atomic E-state index is 11.1. The molecule has 0 saturated carbocycles. The molecule has 0 aliphatic carbocycles. The molecule has 3 heteroatoms. The normalized spacial score (nSPS) is 11.1. The first-order chi connectivity index (χ1) is 7.79. The minimum atomic E-state index is -0.318. The van der Waals surface area contributed by atoms with Gasteiger partial charge in [0, 0.05) is 17.3 Å². The van der Waals surface area contributed by atoms with Crippen LogP contribution in [0.25, 0.3) is 17.0 Å². The van der Waals surface area contributed by atoms with Crippen molar-refractivity contribution in [1.29, 1.82) is 0 Å². The van der Waals surface area contributed by atoms with Crippen LogP contribution in [0.1, 0.15) is 12.6 Å². The monoisotopic (exact) mass is 215 g/mol. The van der Waals surface area contributed by atoms with Crippen molar-refractivity contribution in [3.8, 4) is 0 Å². The molecule has 0 amide bonds. The number of ether oxygens (including phenoxy) is 1. The van der Waals surface area contributed by atoms with Crippen molar-refractivity contribution in [2.24, 2.45) is 0 Å². The van der Waals surface area contributed by atoms with E-state index in [9.17, 15) is 4.79 Å². The molecule has 0 atom stereocenters. The fourth-order valence-corrected chi connectivity index (χ4v) is 1.53. The maximum atomic E-state index is 11.1. The lowest BCUT2D eigenvalue weighted by Crippen LogP contribution is -1.98. The Morgan fingerprint density at radius 3 is 3.00 bits per heavy atom. The van der Waals surface area contributed by atoms with Gasteiger partial charge in [-0.25, -0.2) is 4.79 Å². The van der Waals surface area contributed by atoms with Crippen LogP contribution in [-0.4, -0.2) is 17.6 Å². The van der Waals surface area contributed by atoms with Crippen LogP contribution in [0.2, 0.25) is 0 Å². The largest absolute Gasteiger partial charge is 0.463 e. The smallest absolute Gasteiger partial charge is 0.330 e. The predicted octanol–water partition coefficient (Wildman–Crippen LogP) is 2.74. The summed E-state index contributed by atoms with van der Waals surface area (Å²) in [4.78, 5) is 14.3. The molecule has 0 radical (unpaired) electrons. The molecule has 82 valence electrons. The molecule has 1 heterocycles. The number of carbonyl (C=O) groups excluding carboxylic acids is 1. The number of hydrogen-bond donors (Lipinski definition) is 1. The fraction of sp³-hybridized carbons (Fsp3) is 0.154. The number of esters is 1. The molecule has 1 aromatic heterocycles. The molecule has 0 aliphatic heterocycles. The minimum absolute atomic E-state index is 0.318. The predicted molar refractivity (Wildman–Crippen MR) is 64.0 cm³/mol. The van der Waals surface area contributed by atoms with Gasteiger partial charge in [-0.05, 0) is 30.5 Å². The number of rotatable bonds is 3. The van der Waals surface area contributed by atoms with Gasteiger partial charge in [0.25, 0.3) is 0 Å². The summed E-state index contributed by atoms with van der Waals surface area (Å²) in [7, 11) is 0. The van der Waals surface area contributed by atoms with Crippen LogP contribution in [0.15, 0.2) is 36.4 Å². The van der Waals surface area contributed by atoms with Crippen molar-refractivity contribution in [1.82, 2.24) is 4.98 Å². The summed E-state index contributed by atoms with van der Waals surface area (Å²) in [5, 5.41) is 1.13. The standard InChI is InChI=1S/C13H13NO2/c1-2-16-13(15)8-7-11-9-10-5-3-4-6-12(10)14-11/h3-9,14H,2H2,1H3/b8-7+. The quantitative estimate of drug-likeness (QED) is 0.631. The topological polar surface area (TPSA) is 42.1 Å². The minimum Gasteiger partial charge on any atom is -0.463 e. The first-order valence-electron chi connectivity index (χ1n) is 5.22. The lowest BCUT2D eigenvalue weighted by Gasteiger charge is -1.93. The second kappa shape index (κ2) is 4.66. The van der Waals surface area contributed by atoms with Crippen LogP contribution in [0.4, 0.5) is 0 Å². The van der Waals surface area contributed by atoms with E-state index in [0.29, 0.717) is 6.61 Å². The van der Waals surface area contributed by atoms with Crippen LogP contribution in [0.3, 0.4) is 0 Å². The number of fused-ring (bicyclic) bond motifs is 1. The fourth-order valence-electron chi connectivity index (χ4n) is 1.53. The van der Waals surface area contributed by atoms with Crippen LogP contribution in [0.5, 0.6) is 0 Å². The number of para-hydroxylation sites is 1. The van der Waals surface area contributed by atoms with E-state index in [-0.39, 0.29) is 5.97 Å². The Balaban J connectivity index is 2.18. The average molecular weight is 215 g/mol. The molecule has 0 unspecified atom stereocenters.